The number of carboxylic acid groups (broad SMARTS) is 1. The van der Waals surface area contributed by atoms with E-state index in [1.807, 2.05) is 0 Å². The Labute approximate surface area is 294 Å². The number of hydrogen-bond acceptors (Lipinski definition) is 4. The van der Waals surface area contributed by atoms with E-state index in [1.165, 1.54) is 95.8 Å². The van der Waals surface area contributed by atoms with Gasteiger partial charge in [-0.15, -0.1) is 0 Å². The number of carbonyl (C=O) groups excluding carboxylic acids is 1. The van der Waals surface area contributed by atoms with Crippen LogP contribution >= 0.6 is 0 Å². The van der Waals surface area contributed by atoms with Crippen molar-refractivity contribution in [3.63, 3.8) is 0 Å². The normalized spacial score (nSPS) is 41.9. The Bertz CT molecular complexity index is 1220. The summed E-state index contributed by atoms with van der Waals surface area (Å²) in [5.41, 5.74) is 1.53. The first-order valence-corrected chi connectivity index (χ1v) is 20.1. The first-order chi connectivity index (χ1) is 22.3. The maximum absolute atomic E-state index is 13.1. The molecule has 5 aliphatic carbocycles. The lowest BCUT2D eigenvalue weighted by Gasteiger charge is -2.73. The van der Waals surface area contributed by atoms with E-state index in [2.05, 4.69) is 66.9 Å². The van der Waals surface area contributed by atoms with Crippen molar-refractivity contribution < 1.29 is 19.4 Å². The molecule has 0 aliphatic heterocycles. The number of nitrogens with zero attached hydrogens (tertiary/aromatic N) is 1. The zero-order valence-corrected chi connectivity index (χ0v) is 32.8. The third-order valence-electron chi connectivity index (χ3n) is 16.8. The van der Waals surface area contributed by atoms with Gasteiger partial charge in [-0.05, 0) is 175 Å². The van der Waals surface area contributed by atoms with E-state index >= 15 is 0 Å². The SMILES string of the molecule is C=C(C)C1CC[C@]2(CCCN(CC)CCC)CC[C@]3(C)[C@H](CC[C@@H]4[C@@]5(C)CC[C@H](OC(=O)CC(C)(C)C(=O)O)C(C)(C)[C@@H]5CC[C@]43C)[C@@H]12. The van der Waals surface area contributed by atoms with E-state index in [4.69, 9.17) is 4.74 Å². The predicted octanol–water partition coefficient (Wildman–Crippen LogP) is 10.6. The molecule has 0 spiro atoms. The minimum Gasteiger partial charge on any atom is -0.481 e. The highest BCUT2D eigenvalue weighted by atomic mass is 16.5. The van der Waals surface area contributed by atoms with Crippen molar-refractivity contribution in [1.82, 2.24) is 4.90 Å². The highest BCUT2D eigenvalue weighted by Crippen LogP contribution is 2.78. The van der Waals surface area contributed by atoms with Gasteiger partial charge in [-0.3, -0.25) is 9.59 Å². The predicted molar refractivity (Wildman–Crippen MR) is 197 cm³/mol. The maximum Gasteiger partial charge on any atom is 0.309 e. The van der Waals surface area contributed by atoms with Crippen molar-refractivity contribution in [2.75, 3.05) is 19.6 Å². The van der Waals surface area contributed by atoms with E-state index in [0.29, 0.717) is 34.0 Å². The van der Waals surface area contributed by atoms with Crippen molar-refractivity contribution in [1.29, 1.82) is 0 Å². The number of fused-ring (bicyclic) bond motifs is 7. The van der Waals surface area contributed by atoms with Crippen LogP contribution in [0.4, 0.5) is 0 Å². The third-order valence-corrected chi connectivity index (χ3v) is 16.8. The fraction of sp³-hybridized carbons (Fsp3) is 0.907. The molecular weight excluding hydrogens is 594 g/mol. The highest BCUT2D eigenvalue weighted by Gasteiger charge is 2.71. The molecular formula is C43H73NO4. The highest BCUT2D eigenvalue weighted by molar-refractivity contribution is 5.81. The topological polar surface area (TPSA) is 66.8 Å². The Balaban J connectivity index is 1.37. The molecule has 1 N–H and O–H groups in total. The van der Waals surface area contributed by atoms with Gasteiger partial charge in [0.2, 0.25) is 0 Å². The van der Waals surface area contributed by atoms with Gasteiger partial charge in [-0.2, -0.15) is 0 Å². The summed E-state index contributed by atoms with van der Waals surface area (Å²) >= 11 is 0. The fourth-order valence-corrected chi connectivity index (χ4v) is 13.9. The summed E-state index contributed by atoms with van der Waals surface area (Å²) < 4.78 is 6.20. The van der Waals surface area contributed by atoms with Crippen LogP contribution in [0.2, 0.25) is 0 Å². The molecule has 0 heterocycles. The average Bonchev–Trinajstić information content (AvgIpc) is 3.38. The van der Waals surface area contributed by atoms with Crippen LogP contribution < -0.4 is 0 Å². The summed E-state index contributed by atoms with van der Waals surface area (Å²) in [6.45, 7) is 31.3. The average molecular weight is 668 g/mol. The molecule has 1 unspecified atom stereocenters. The van der Waals surface area contributed by atoms with Gasteiger partial charge in [0.15, 0.2) is 0 Å². The molecule has 0 bridgehead atoms. The summed E-state index contributed by atoms with van der Waals surface area (Å²) in [5.74, 6) is 2.08. The molecule has 5 fully saturated rings. The third kappa shape index (κ3) is 6.04. The molecule has 0 saturated heterocycles. The van der Waals surface area contributed by atoms with E-state index in [0.717, 1.165) is 24.7 Å². The summed E-state index contributed by atoms with van der Waals surface area (Å²) in [4.78, 5) is 27.5. The molecule has 0 radical (unpaired) electrons. The lowest BCUT2D eigenvalue weighted by Crippen LogP contribution is -2.66. The van der Waals surface area contributed by atoms with Crippen LogP contribution in [0.5, 0.6) is 0 Å². The van der Waals surface area contributed by atoms with Crippen LogP contribution in [0.3, 0.4) is 0 Å². The number of rotatable bonds is 12. The first-order valence-electron chi connectivity index (χ1n) is 20.1. The molecule has 0 aromatic carbocycles. The number of carboxylic acids is 1. The molecule has 0 amide bonds. The molecule has 5 nitrogen and oxygen atoms in total. The lowest BCUT2D eigenvalue weighted by molar-refractivity contribution is -0.250. The van der Waals surface area contributed by atoms with Gasteiger partial charge >= 0.3 is 11.9 Å². The standard InChI is InChI=1S/C43H73NO4/c1-12-26-44(13-2)27-14-20-43-23-17-30(29(3)4)36(43)31-15-16-33-40(9)21-19-34(48-35(45)28-38(5,6)37(46)47)39(7,8)32(40)18-22-42(33,11)41(31,10)24-25-43/h30-34,36H,3,12-28H2,1-2,4-11H3,(H,46,47)/t30?,31-,32+,33-,34+,36-,40+,41-,42-,43-/m1/s1. The molecule has 0 aromatic rings. The van der Waals surface area contributed by atoms with Crippen molar-refractivity contribution in [2.45, 2.75) is 165 Å². The zero-order valence-electron chi connectivity index (χ0n) is 32.8. The Kier molecular flexibility index (Phi) is 10.5. The minimum absolute atomic E-state index is 0.0826. The summed E-state index contributed by atoms with van der Waals surface area (Å²) in [7, 11) is 0. The van der Waals surface area contributed by atoms with Crippen molar-refractivity contribution in [2.24, 2.45) is 62.1 Å². The summed E-state index contributed by atoms with van der Waals surface area (Å²) in [5, 5.41) is 9.60. The van der Waals surface area contributed by atoms with Crippen molar-refractivity contribution in [3.05, 3.63) is 12.2 Å². The second kappa shape index (κ2) is 13.3. The molecule has 0 aromatic heterocycles. The smallest absolute Gasteiger partial charge is 0.309 e. The number of aliphatic carboxylic acids is 1. The van der Waals surface area contributed by atoms with Crippen molar-refractivity contribution >= 4 is 11.9 Å². The largest absolute Gasteiger partial charge is 0.481 e. The minimum atomic E-state index is -1.11. The number of ether oxygens (including phenoxy) is 1. The Morgan fingerprint density at radius 1 is 0.875 bits per heavy atom. The van der Waals surface area contributed by atoms with Gasteiger partial charge < -0.3 is 14.7 Å². The monoisotopic (exact) mass is 668 g/mol. The summed E-state index contributed by atoms with van der Waals surface area (Å²) in [6, 6.07) is 0. The van der Waals surface area contributed by atoms with Crippen LogP contribution in [0.25, 0.3) is 0 Å². The molecule has 5 aliphatic rings. The molecule has 5 rings (SSSR count). The molecule has 10 atom stereocenters. The molecule has 48 heavy (non-hydrogen) atoms. The lowest BCUT2D eigenvalue weighted by atomic mass is 9.32. The van der Waals surface area contributed by atoms with Gasteiger partial charge in [0.1, 0.15) is 6.10 Å². The van der Waals surface area contributed by atoms with Gasteiger partial charge in [-0.1, -0.05) is 60.6 Å². The number of hydrogen-bond donors (Lipinski definition) is 1. The van der Waals surface area contributed by atoms with E-state index in [9.17, 15) is 14.7 Å². The van der Waals surface area contributed by atoms with Gasteiger partial charge in [0.25, 0.3) is 0 Å². The second-order valence-electron chi connectivity index (χ2n) is 19.8. The van der Waals surface area contributed by atoms with Gasteiger partial charge in [0, 0.05) is 5.41 Å². The van der Waals surface area contributed by atoms with E-state index in [1.54, 1.807) is 13.8 Å². The maximum atomic E-state index is 13.1. The summed E-state index contributed by atoms with van der Waals surface area (Å²) in [6.07, 6.45) is 16.4. The van der Waals surface area contributed by atoms with Crippen LogP contribution in [-0.2, 0) is 14.3 Å². The Hall–Kier alpha value is -1.36. The van der Waals surface area contributed by atoms with Gasteiger partial charge in [-0.25, -0.2) is 0 Å². The van der Waals surface area contributed by atoms with Crippen LogP contribution in [-0.4, -0.2) is 47.7 Å². The van der Waals surface area contributed by atoms with E-state index < -0.39 is 11.4 Å². The van der Waals surface area contributed by atoms with Crippen LogP contribution in [0.1, 0.15) is 159 Å². The Morgan fingerprint density at radius 2 is 1.58 bits per heavy atom. The van der Waals surface area contributed by atoms with Gasteiger partial charge in [0.05, 0.1) is 11.8 Å². The zero-order chi connectivity index (χ0) is 35.5. The first kappa shape index (κ1) is 37.9. The van der Waals surface area contributed by atoms with Crippen LogP contribution in [0.15, 0.2) is 12.2 Å². The molecule has 5 saturated carbocycles. The molecule has 5 heteroatoms. The second-order valence-corrected chi connectivity index (χ2v) is 19.8. The van der Waals surface area contributed by atoms with Crippen molar-refractivity contribution in [3.8, 4) is 0 Å². The van der Waals surface area contributed by atoms with Crippen LogP contribution in [0, 0.1) is 62.1 Å². The number of allylic oxidation sites excluding steroid dienone is 1. The Morgan fingerprint density at radius 3 is 2.21 bits per heavy atom. The quantitative estimate of drug-likeness (QED) is 0.166. The fourth-order valence-electron chi connectivity index (χ4n) is 13.9. The number of esters is 1. The van der Waals surface area contributed by atoms with E-state index in [-0.39, 0.29) is 29.3 Å². The molecule has 274 valence electrons. The number of carbonyl (C=O) groups is 2.